The number of anilines is 2. The van der Waals surface area contributed by atoms with Crippen molar-refractivity contribution < 1.29 is 28.7 Å². The number of pyridine rings is 1. The summed E-state index contributed by atoms with van der Waals surface area (Å²) in [6.45, 7) is -0.237. The van der Waals surface area contributed by atoms with Crippen molar-refractivity contribution in [2.75, 3.05) is 17.2 Å². The van der Waals surface area contributed by atoms with Crippen LogP contribution < -0.4 is 26.2 Å². The highest BCUT2D eigenvalue weighted by Gasteiger charge is 2.10. The van der Waals surface area contributed by atoms with Crippen LogP contribution in [0.15, 0.2) is 60.8 Å². The molecule has 1 heterocycles. The number of aromatic nitrogens is 1. The van der Waals surface area contributed by atoms with Crippen LogP contribution in [0.5, 0.6) is 11.5 Å². The Morgan fingerprint density at radius 2 is 1.57 bits per heavy atom. The van der Waals surface area contributed by atoms with Gasteiger partial charge in [0.25, 0.3) is 5.91 Å². The van der Waals surface area contributed by atoms with E-state index in [0.717, 1.165) is 25.7 Å². The first-order chi connectivity index (χ1) is 19.4. The van der Waals surface area contributed by atoms with Crippen LogP contribution in [0, 0.1) is 0 Å². The standard InChI is InChI=1S/C28H31ClFN5O5/c29-24-12-9-21(16-19(24)18-30)34-28(38)33-20-7-10-22(11-8-20)40-23-13-15-31-25(17-23)27(37)32-14-5-3-1-2-4-6-26(36)35-39/h7-13,15-17,39H,1-6,14,18H2,(H,32,37)(H,35,36)(H2,33,34,38). The van der Waals surface area contributed by atoms with Crippen molar-refractivity contribution in [3.63, 3.8) is 0 Å². The van der Waals surface area contributed by atoms with Gasteiger partial charge in [0, 0.05) is 47.2 Å². The molecule has 5 N–H and O–H groups in total. The molecule has 0 unspecified atom stereocenters. The third-order valence-corrected chi connectivity index (χ3v) is 6.12. The van der Waals surface area contributed by atoms with Gasteiger partial charge in [0.05, 0.1) is 0 Å². The lowest BCUT2D eigenvalue weighted by atomic mass is 10.1. The normalized spacial score (nSPS) is 10.5. The topological polar surface area (TPSA) is 142 Å². The van der Waals surface area contributed by atoms with Gasteiger partial charge in [-0.15, -0.1) is 0 Å². The highest BCUT2D eigenvalue weighted by atomic mass is 35.5. The van der Waals surface area contributed by atoms with Crippen molar-refractivity contribution in [3.8, 4) is 11.5 Å². The number of unbranched alkanes of at least 4 members (excludes halogenated alkanes) is 4. The summed E-state index contributed by atoms with van der Waals surface area (Å²) in [6, 6.07) is 13.9. The number of nitrogens with zero attached hydrogens (tertiary/aromatic N) is 1. The zero-order valence-electron chi connectivity index (χ0n) is 21.7. The maximum absolute atomic E-state index is 13.0. The molecule has 2 aromatic carbocycles. The smallest absolute Gasteiger partial charge is 0.323 e. The average Bonchev–Trinajstić information content (AvgIpc) is 2.96. The van der Waals surface area contributed by atoms with Gasteiger partial charge in [0.1, 0.15) is 23.9 Å². The minimum absolute atomic E-state index is 0.223. The Bertz CT molecular complexity index is 1290. The number of carbonyl (C=O) groups is 3. The van der Waals surface area contributed by atoms with Crippen LogP contribution in [0.4, 0.5) is 20.6 Å². The van der Waals surface area contributed by atoms with Crippen LogP contribution in [0.2, 0.25) is 5.02 Å². The minimum atomic E-state index is -0.737. The number of benzene rings is 2. The van der Waals surface area contributed by atoms with Crippen molar-refractivity contribution in [1.82, 2.24) is 15.8 Å². The Labute approximate surface area is 236 Å². The Balaban J connectivity index is 1.42. The van der Waals surface area contributed by atoms with E-state index in [0.29, 0.717) is 47.3 Å². The van der Waals surface area contributed by atoms with E-state index < -0.39 is 12.7 Å². The number of rotatable bonds is 14. The highest BCUT2D eigenvalue weighted by Crippen LogP contribution is 2.24. The maximum atomic E-state index is 13.0. The molecular formula is C28H31ClFN5O5. The first-order valence-corrected chi connectivity index (χ1v) is 13.1. The van der Waals surface area contributed by atoms with Gasteiger partial charge in [-0.3, -0.25) is 19.8 Å². The minimum Gasteiger partial charge on any atom is -0.457 e. The summed E-state index contributed by atoms with van der Waals surface area (Å²) >= 11 is 5.90. The van der Waals surface area contributed by atoms with Crippen molar-refractivity contribution >= 4 is 40.8 Å². The lowest BCUT2D eigenvalue weighted by molar-refractivity contribution is -0.129. The predicted molar refractivity (Wildman–Crippen MR) is 150 cm³/mol. The molecule has 0 aliphatic heterocycles. The van der Waals surface area contributed by atoms with E-state index in [1.54, 1.807) is 47.9 Å². The fourth-order valence-electron chi connectivity index (χ4n) is 3.68. The van der Waals surface area contributed by atoms with Gasteiger partial charge in [-0.2, -0.15) is 0 Å². The van der Waals surface area contributed by atoms with E-state index in [2.05, 4.69) is 20.9 Å². The zero-order chi connectivity index (χ0) is 28.7. The molecule has 40 heavy (non-hydrogen) atoms. The number of hydrogen-bond donors (Lipinski definition) is 5. The Kier molecular flexibility index (Phi) is 12.1. The number of halogens is 2. The molecule has 0 bridgehead atoms. The zero-order valence-corrected chi connectivity index (χ0v) is 22.5. The second-order valence-corrected chi connectivity index (χ2v) is 9.24. The lowest BCUT2D eigenvalue weighted by Crippen LogP contribution is -2.25. The highest BCUT2D eigenvalue weighted by molar-refractivity contribution is 6.31. The molecule has 0 radical (unpaired) electrons. The van der Waals surface area contributed by atoms with Gasteiger partial charge in [-0.1, -0.05) is 30.9 Å². The number of nitrogens with one attached hydrogen (secondary N) is 4. The fraction of sp³-hybridized carbons (Fsp3) is 0.286. The van der Waals surface area contributed by atoms with Crippen LogP contribution in [-0.4, -0.2) is 34.6 Å². The summed E-state index contributed by atoms with van der Waals surface area (Å²) < 4.78 is 18.8. The van der Waals surface area contributed by atoms with Gasteiger partial charge in [0.2, 0.25) is 5.91 Å². The van der Waals surface area contributed by atoms with E-state index in [4.69, 9.17) is 21.5 Å². The van der Waals surface area contributed by atoms with E-state index in [1.807, 2.05) is 0 Å². The quantitative estimate of drug-likeness (QED) is 0.0883. The van der Waals surface area contributed by atoms with E-state index in [9.17, 15) is 18.8 Å². The van der Waals surface area contributed by atoms with Gasteiger partial charge in [-0.25, -0.2) is 14.7 Å². The molecule has 0 aliphatic rings. The third kappa shape index (κ3) is 10.2. The summed E-state index contributed by atoms with van der Waals surface area (Å²) in [6.07, 6.45) is 5.99. The average molecular weight is 572 g/mol. The lowest BCUT2D eigenvalue weighted by Gasteiger charge is -2.11. The number of carbonyl (C=O) groups excluding carboxylic acids is 3. The largest absolute Gasteiger partial charge is 0.457 e. The number of hydrogen-bond acceptors (Lipinski definition) is 6. The molecular weight excluding hydrogens is 541 g/mol. The molecule has 212 valence electrons. The van der Waals surface area contributed by atoms with Crippen LogP contribution in [-0.2, 0) is 11.5 Å². The molecule has 0 saturated heterocycles. The number of urea groups is 1. The first kappa shape index (κ1) is 30.3. The first-order valence-electron chi connectivity index (χ1n) is 12.8. The van der Waals surface area contributed by atoms with Gasteiger partial charge < -0.3 is 20.7 Å². The van der Waals surface area contributed by atoms with Crippen molar-refractivity contribution in [2.45, 2.75) is 45.2 Å². The second kappa shape index (κ2) is 16.0. The molecule has 3 rings (SSSR count). The van der Waals surface area contributed by atoms with Crippen molar-refractivity contribution in [3.05, 3.63) is 77.1 Å². The number of hydroxylamine groups is 1. The molecule has 12 heteroatoms. The van der Waals surface area contributed by atoms with Gasteiger partial charge in [-0.05, 0) is 61.4 Å². The fourth-order valence-corrected chi connectivity index (χ4v) is 3.85. The Hall–Kier alpha value is -4.22. The van der Waals surface area contributed by atoms with Crippen molar-refractivity contribution in [2.24, 2.45) is 0 Å². The predicted octanol–water partition coefficient (Wildman–Crippen LogP) is 6.22. The summed E-state index contributed by atoms with van der Waals surface area (Å²) in [7, 11) is 0. The van der Waals surface area contributed by atoms with Crippen LogP contribution in [0.1, 0.15) is 54.6 Å². The van der Waals surface area contributed by atoms with Crippen LogP contribution >= 0.6 is 11.6 Å². The molecule has 0 aliphatic carbocycles. The van der Waals surface area contributed by atoms with E-state index in [1.165, 1.54) is 18.3 Å². The van der Waals surface area contributed by atoms with Gasteiger partial charge in [0.15, 0.2) is 0 Å². The summed E-state index contributed by atoms with van der Waals surface area (Å²) in [5.41, 5.74) is 3.04. The second-order valence-electron chi connectivity index (χ2n) is 8.83. The summed E-state index contributed by atoms with van der Waals surface area (Å²) in [5, 5.41) is 16.9. The third-order valence-electron chi connectivity index (χ3n) is 5.75. The van der Waals surface area contributed by atoms with E-state index >= 15 is 0 Å². The molecule has 10 nitrogen and oxygen atoms in total. The number of alkyl halides is 1. The van der Waals surface area contributed by atoms with Gasteiger partial charge >= 0.3 is 6.03 Å². The monoisotopic (exact) mass is 571 g/mol. The SMILES string of the molecule is O=C(CCCCCCCNC(=O)c1cc(Oc2ccc(NC(=O)Nc3ccc(Cl)c(CF)c3)cc2)ccn1)NO. The number of amides is 4. The van der Waals surface area contributed by atoms with Crippen LogP contribution in [0.3, 0.4) is 0 Å². The Morgan fingerprint density at radius 3 is 2.33 bits per heavy atom. The Morgan fingerprint density at radius 1 is 0.875 bits per heavy atom. The molecule has 0 spiro atoms. The molecule has 0 atom stereocenters. The van der Waals surface area contributed by atoms with Crippen LogP contribution in [0.25, 0.3) is 0 Å². The summed E-state index contributed by atoms with van der Waals surface area (Å²) in [4.78, 5) is 39.8. The molecule has 1 aromatic heterocycles. The van der Waals surface area contributed by atoms with E-state index in [-0.39, 0.29) is 23.1 Å². The van der Waals surface area contributed by atoms with Crippen molar-refractivity contribution in [1.29, 1.82) is 0 Å². The molecule has 4 amide bonds. The summed E-state index contributed by atoms with van der Waals surface area (Å²) in [5.74, 6) is 0.225. The number of ether oxygens (including phenoxy) is 1. The molecule has 3 aromatic rings. The molecule has 0 saturated carbocycles. The molecule has 0 fully saturated rings. The maximum Gasteiger partial charge on any atom is 0.323 e.